The van der Waals surface area contributed by atoms with Crippen molar-refractivity contribution in [3.63, 3.8) is 0 Å². The highest BCUT2D eigenvalue weighted by molar-refractivity contribution is 5.96. The number of nitrogens with zero attached hydrogens (tertiary/aromatic N) is 1. The number of aromatic hydroxyl groups is 1. The molecule has 0 aliphatic carbocycles. The first kappa shape index (κ1) is 16.9. The molecule has 0 aromatic heterocycles. The number of benzene rings is 2. The van der Waals surface area contributed by atoms with Crippen molar-refractivity contribution >= 4 is 5.91 Å². The summed E-state index contributed by atoms with van der Waals surface area (Å²) in [5.41, 5.74) is 0.0725. The molecule has 0 saturated heterocycles. The fourth-order valence-electron chi connectivity index (χ4n) is 2.29. The third-order valence-electron chi connectivity index (χ3n) is 3.46. The average molecular weight is 323 g/mol. The van der Waals surface area contributed by atoms with Crippen LogP contribution < -0.4 is 0 Å². The zero-order chi connectivity index (χ0) is 17.2. The van der Waals surface area contributed by atoms with Gasteiger partial charge in [0.25, 0.3) is 5.91 Å². The van der Waals surface area contributed by atoms with Crippen LogP contribution in [0.3, 0.4) is 0 Å². The number of halogens is 3. The lowest BCUT2D eigenvalue weighted by Gasteiger charge is -2.21. The van der Waals surface area contributed by atoms with Crippen molar-refractivity contribution in [2.75, 3.05) is 7.05 Å². The molecule has 3 nitrogen and oxygen atoms in total. The number of hydrogen-bond donors (Lipinski definition) is 1. The largest absolute Gasteiger partial charge is 0.507 e. The van der Waals surface area contributed by atoms with E-state index in [0.717, 1.165) is 16.5 Å². The van der Waals surface area contributed by atoms with Crippen LogP contribution in [-0.2, 0) is 12.7 Å². The first-order valence-electron chi connectivity index (χ1n) is 6.90. The maximum absolute atomic E-state index is 13.0. The molecule has 0 saturated carbocycles. The van der Waals surface area contributed by atoms with Crippen molar-refractivity contribution < 1.29 is 23.1 Å². The fourth-order valence-corrected chi connectivity index (χ4v) is 2.29. The van der Waals surface area contributed by atoms with Crippen molar-refractivity contribution in [2.45, 2.75) is 19.6 Å². The smallest absolute Gasteiger partial charge is 0.416 e. The van der Waals surface area contributed by atoms with Gasteiger partial charge in [0.15, 0.2) is 0 Å². The molecule has 6 heteroatoms. The molecular weight excluding hydrogens is 307 g/mol. The van der Waals surface area contributed by atoms with Crippen molar-refractivity contribution in [3.05, 3.63) is 64.7 Å². The number of phenolic OH excluding ortho intramolecular Hbond substituents is 1. The zero-order valence-corrected chi connectivity index (χ0v) is 12.7. The standard InChI is InChI=1S/C17H16F3NO2/c1-11-7-8-15(22)13(9-11)16(23)21(2)10-12-5-3-4-6-14(12)17(18,19)20/h3-9,22H,10H2,1-2H3. The predicted molar refractivity (Wildman–Crippen MR) is 80.1 cm³/mol. The van der Waals surface area contributed by atoms with Crippen molar-refractivity contribution in [2.24, 2.45) is 0 Å². The number of carbonyl (C=O) groups excluding carboxylic acids is 1. The third kappa shape index (κ3) is 3.83. The van der Waals surface area contributed by atoms with Crippen molar-refractivity contribution in [1.82, 2.24) is 4.90 Å². The monoisotopic (exact) mass is 323 g/mol. The summed E-state index contributed by atoms with van der Waals surface area (Å²) in [6.45, 7) is 1.55. The highest BCUT2D eigenvalue weighted by Gasteiger charge is 2.33. The Morgan fingerprint density at radius 3 is 2.48 bits per heavy atom. The minimum atomic E-state index is -4.48. The van der Waals surface area contributed by atoms with Gasteiger partial charge >= 0.3 is 6.18 Å². The SMILES string of the molecule is Cc1ccc(O)c(C(=O)N(C)Cc2ccccc2C(F)(F)F)c1. The van der Waals surface area contributed by atoms with Gasteiger partial charge in [-0.3, -0.25) is 4.79 Å². The van der Waals surface area contributed by atoms with Gasteiger partial charge in [0.1, 0.15) is 5.75 Å². The van der Waals surface area contributed by atoms with Gasteiger partial charge in [-0.05, 0) is 30.7 Å². The van der Waals surface area contributed by atoms with Crippen LogP contribution in [0.25, 0.3) is 0 Å². The van der Waals surface area contributed by atoms with E-state index in [1.165, 1.54) is 37.4 Å². The molecule has 2 rings (SSSR count). The van der Waals surface area contributed by atoms with E-state index < -0.39 is 17.6 Å². The van der Waals surface area contributed by atoms with E-state index in [1.54, 1.807) is 13.0 Å². The Morgan fingerprint density at radius 1 is 1.17 bits per heavy atom. The Bertz CT molecular complexity index is 726. The van der Waals surface area contributed by atoms with E-state index in [0.29, 0.717) is 0 Å². The summed E-state index contributed by atoms with van der Waals surface area (Å²) in [7, 11) is 1.40. The third-order valence-corrected chi connectivity index (χ3v) is 3.46. The summed E-state index contributed by atoms with van der Waals surface area (Å²) in [5, 5.41) is 9.78. The van der Waals surface area contributed by atoms with Gasteiger partial charge in [0.05, 0.1) is 11.1 Å². The molecule has 0 spiro atoms. The summed E-state index contributed by atoms with van der Waals surface area (Å²) in [6.07, 6.45) is -4.48. The number of alkyl halides is 3. The van der Waals surface area contributed by atoms with Crippen LogP contribution in [0.1, 0.15) is 27.0 Å². The van der Waals surface area contributed by atoms with Crippen molar-refractivity contribution in [1.29, 1.82) is 0 Å². The molecular formula is C17H16F3NO2. The molecule has 0 bridgehead atoms. The number of hydrogen-bond acceptors (Lipinski definition) is 2. The van der Waals surface area contributed by atoms with Crippen LogP contribution in [0.15, 0.2) is 42.5 Å². The second-order valence-corrected chi connectivity index (χ2v) is 5.34. The Labute approximate surface area is 132 Å². The second-order valence-electron chi connectivity index (χ2n) is 5.34. The van der Waals surface area contributed by atoms with Gasteiger partial charge in [-0.15, -0.1) is 0 Å². The lowest BCUT2D eigenvalue weighted by Crippen LogP contribution is -2.27. The minimum absolute atomic E-state index is 0.00277. The van der Waals surface area contributed by atoms with Gasteiger partial charge < -0.3 is 10.0 Å². The quantitative estimate of drug-likeness (QED) is 0.928. The number of carbonyl (C=O) groups is 1. The number of aryl methyl sites for hydroxylation is 1. The summed E-state index contributed by atoms with van der Waals surface area (Å²) in [6, 6.07) is 9.66. The Hall–Kier alpha value is -2.50. The Balaban J connectivity index is 2.28. The highest BCUT2D eigenvalue weighted by atomic mass is 19.4. The minimum Gasteiger partial charge on any atom is -0.507 e. The van der Waals surface area contributed by atoms with Crippen LogP contribution in [0.4, 0.5) is 13.2 Å². The molecule has 0 atom stereocenters. The molecule has 2 aromatic rings. The van der Waals surface area contributed by atoms with Crippen LogP contribution >= 0.6 is 0 Å². The topological polar surface area (TPSA) is 40.5 Å². The molecule has 2 aromatic carbocycles. The van der Waals surface area contributed by atoms with E-state index in [9.17, 15) is 23.1 Å². The van der Waals surface area contributed by atoms with Gasteiger partial charge in [-0.25, -0.2) is 0 Å². The summed E-state index contributed by atoms with van der Waals surface area (Å²) in [4.78, 5) is 13.5. The van der Waals surface area contributed by atoms with Crippen LogP contribution in [0, 0.1) is 6.92 Å². The molecule has 0 aliphatic heterocycles. The number of amides is 1. The normalized spacial score (nSPS) is 11.3. The molecule has 0 fully saturated rings. The predicted octanol–water partition coefficient (Wildman–Crippen LogP) is 3.99. The highest BCUT2D eigenvalue weighted by Crippen LogP contribution is 2.32. The van der Waals surface area contributed by atoms with E-state index in [4.69, 9.17) is 0 Å². The average Bonchev–Trinajstić information content (AvgIpc) is 2.48. The Kier molecular flexibility index (Phi) is 4.63. The summed E-state index contributed by atoms with van der Waals surface area (Å²) < 4.78 is 39.0. The van der Waals surface area contributed by atoms with E-state index in [1.807, 2.05) is 0 Å². The molecule has 1 amide bonds. The van der Waals surface area contributed by atoms with Gasteiger partial charge in [0, 0.05) is 13.6 Å². The molecule has 0 unspecified atom stereocenters. The molecule has 122 valence electrons. The van der Waals surface area contributed by atoms with E-state index in [-0.39, 0.29) is 23.4 Å². The van der Waals surface area contributed by atoms with Gasteiger partial charge in [-0.1, -0.05) is 29.8 Å². The molecule has 23 heavy (non-hydrogen) atoms. The van der Waals surface area contributed by atoms with Crippen molar-refractivity contribution in [3.8, 4) is 5.75 Å². The van der Waals surface area contributed by atoms with Gasteiger partial charge in [0.2, 0.25) is 0 Å². The number of phenols is 1. The molecule has 1 N–H and O–H groups in total. The van der Waals surface area contributed by atoms with E-state index >= 15 is 0 Å². The molecule has 0 radical (unpaired) electrons. The zero-order valence-electron chi connectivity index (χ0n) is 12.7. The first-order chi connectivity index (χ1) is 10.7. The summed E-state index contributed by atoms with van der Waals surface area (Å²) in [5.74, 6) is -0.736. The second kappa shape index (κ2) is 6.32. The maximum Gasteiger partial charge on any atom is 0.416 e. The first-order valence-corrected chi connectivity index (χ1v) is 6.90. The van der Waals surface area contributed by atoms with E-state index in [2.05, 4.69) is 0 Å². The lowest BCUT2D eigenvalue weighted by molar-refractivity contribution is -0.138. The lowest BCUT2D eigenvalue weighted by atomic mass is 10.1. The Morgan fingerprint density at radius 2 is 1.83 bits per heavy atom. The maximum atomic E-state index is 13.0. The molecule has 0 heterocycles. The number of rotatable bonds is 3. The summed E-state index contributed by atoms with van der Waals surface area (Å²) >= 11 is 0. The van der Waals surface area contributed by atoms with Crippen LogP contribution in [-0.4, -0.2) is 23.0 Å². The van der Waals surface area contributed by atoms with Gasteiger partial charge in [-0.2, -0.15) is 13.2 Å². The van der Waals surface area contributed by atoms with Crippen LogP contribution in [0.2, 0.25) is 0 Å². The molecule has 0 aliphatic rings. The van der Waals surface area contributed by atoms with Crippen LogP contribution in [0.5, 0.6) is 5.75 Å². The fraction of sp³-hybridized carbons (Fsp3) is 0.235.